The molecular formula is C20H22FN3O4. The van der Waals surface area contributed by atoms with Crippen molar-refractivity contribution in [3.05, 3.63) is 53.8 Å². The van der Waals surface area contributed by atoms with E-state index in [2.05, 4.69) is 4.90 Å². The molecule has 1 aliphatic heterocycles. The van der Waals surface area contributed by atoms with Crippen molar-refractivity contribution in [3.8, 4) is 5.75 Å². The fraction of sp³-hybridized carbons (Fsp3) is 0.300. The summed E-state index contributed by atoms with van der Waals surface area (Å²) in [5.74, 6) is -0.793. The van der Waals surface area contributed by atoms with Crippen molar-refractivity contribution in [2.24, 2.45) is 0 Å². The lowest BCUT2D eigenvalue weighted by atomic mass is 10.2. The average Bonchev–Trinajstić information content (AvgIpc) is 2.72. The van der Waals surface area contributed by atoms with Crippen LogP contribution in [0.3, 0.4) is 0 Å². The number of nitrogens with zero attached hydrogens (tertiary/aromatic N) is 2. The molecule has 2 aromatic rings. The smallest absolute Gasteiger partial charge is 0.340 e. The van der Waals surface area contributed by atoms with Crippen molar-refractivity contribution in [2.75, 3.05) is 50.5 Å². The fourth-order valence-electron chi connectivity index (χ4n) is 3.10. The third-order valence-electron chi connectivity index (χ3n) is 4.62. The second-order valence-electron chi connectivity index (χ2n) is 6.35. The number of esters is 1. The number of amides is 1. The van der Waals surface area contributed by atoms with Crippen LogP contribution in [0.4, 0.5) is 15.8 Å². The standard InChI is InChI=1S/C20H22FN3O4/c1-27-18-5-3-2-4-17(18)23-8-10-24(11-9-23)19(25)13-28-20(26)15-7-6-14(21)12-16(15)22/h2-7,12H,8-11,13,22H2,1H3. The zero-order valence-corrected chi connectivity index (χ0v) is 15.6. The summed E-state index contributed by atoms with van der Waals surface area (Å²) in [5.41, 5.74) is 6.61. The van der Waals surface area contributed by atoms with Crippen LogP contribution in [0.5, 0.6) is 5.75 Å². The molecule has 0 atom stereocenters. The van der Waals surface area contributed by atoms with Crippen molar-refractivity contribution >= 4 is 23.3 Å². The maximum absolute atomic E-state index is 13.1. The number of hydrogen-bond acceptors (Lipinski definition) is 6. The summed E-state index contributed by atoms with van der Waals surface area (Å²) in [5, 5.41) is 0. The highest BCUT2D eigenvalue weighted by atomic mass is 19.1. The number of carbonyl (C=O) groups excluding carboxylic acids is 2. The highest BCUT2D eigenvalue weighted by molar-refractivity contribution is 5.96. The van der Waals surface area contributed by atoms with Crippen LogP contribution < -0.4 is 15.4 Å². The molecule has 0 aliphatic carbocycles. The molecule has 0 spiro atoms. The minimum atomic E-state index is -0.751. The summed E-state index contributed by atoms with van der Waals surface area (Å²) in [7, 11) is 1.63. The Morgan fingerprint density at radius 2 is 1.82 bits per heavy atom. The molecule has 28 heavy (non-hydrogen) atoms. The van der Waals surface area contributed by atoms with Crippen LogP contribution in [0, 0.1) is 5.82 Å². The summed E-state index contributed by atoms with van der Waals surface area (Å²) >= 11 is 0. The molecule has 1 saturated heterocycles. The Balaban J connectivity index is 1.52. The number of benzene rings is 2. The molecule has 8 heteroatoms. The number of piperazine rings is 1. The van der Waals surface area contributed by atoms with Crippen molar-refractivity contribution in [3.63, 3.8) is 0 Å². The number of halogens is 1. The first kappa shape index (κ1) is 19.5. The van der Waals surface area contributed by atoms with E-state index >= 15 is 0 Å². The van der Waals surface area contributed by atoms with Gasteiger partial charge in [0.05, 0.1) is 18.4 Å². The van der Waals surface area contributed by atoms with Gasteiger partial charge < -0.3 is 25.0 Å². The second kappa shape index (κ2) is 8.60. The monoisotopic (exact) mass is 387 g/mol. The van der Waals surface area contributed by atoms with Crippen LogP contribution in [0.25, 0.3) is 0 Å². The lowest BCUT2D eigenvalue weighted by Crippen LogP contribution is -2.50. The lowest BCUT2D eigenvalue weighted by molar-refractivity contribution is -0.134. The van der Waals surface area contributed by atoms with E-state index < -0.39 is 11.8 Å². The minimum Gasteiger partial charge on any atom is -0.495 e. The van der Waals surface area contributed by atoms with Gasteiger partial charge in [-0.25, -0.2) is 9.18 Å². The van der Waals surface area contributed by atoms with Crippen molar-refractivity contribution in [1.29, 1.82) is 0 Å². The third kappa shape index (κ3) is 4.33. The zero-order chi connectivity index (χ0) is 20.1. The van der Waals surface area contributed by atoms with Crippen LogP contribution in [-0.2, 0) is 9.53 Å². The van der Waals surface area contributed by atoms with E-state index in [1.807, 2.05) is 24.3 Å². The first-order valence-electron chi connectivity index (χ1n) is 8.87. The van der Waals surface area contributed by atoms with Gasteiger partial charge in [0.1, 0.15) is 11.6 Å². The molecule has 0 aromatic heterocycles. The Kier molecular flexibility index (Phi) is 5.98. The topological polar surface area (TPSA) is 85.1 Å². The van der Waals surface area contributed by atoms with Gasteiger partial charge in [0, 0.05) is 31.9 Å². The van der Waals surface area contributed by atoms with Crippen LogP contribution in [0.2, 0.25) is 0 Å². The van der Waals surface area contributed by atoms with Gasteiger partial charge in [-0.05, 0) is 30.3 Å². The molecular weight excluding hydrogens is 365 g/mol. The molecule has 1 fully saturated rings. The van der Waals surface area contributed by atoms with Gasteiger partial charge in [0.25, 0.3) is 5.91 Å². The maximum Gasteiger partial charge on any atom is 0.340 e. The van der Waals surface area contributed by atoms with Gasteiger partial charge in [-0.3, -0.25) is 4.79 Å². The fourth-order valence-corrected chi connectivity index (χ4v) is 3.10. The predicted octanol–water partition coefficient (Wildman–Crippen LogP) is 1.92. The highest BCUT2D eigenvalue weighted by Gasteiger charge is 2.24. The van der Waals surface area contributed by atoms with Crippen LogP contribution in [-0.4, -0.2) is 56.7 Å². The molecule has 0 bridgehead atoms. The summed E-state index contributed by atoms with van der Waals surface area (Å²) in [4.78, 5) is 28.2. The van der Waals surface area contributed by atoms with Crippen molar-refractivity contribution in [1.82, 2.24) is 4.90 Å². The molecule has 0 saturated carbocycles. The lowest BCUT2D eigenvalue weighted by Gasteiger charge is -2.36. The summed E-state index contributed by atoms with van der Waals surface area (Å²) in [6, 6.07) is 11.1. The number of anilines is 2. The molecule has 0 radical (unpaired) electrons. The van der Waals surface area contributed by atoms with Crippen LogP contribution in [0.1, 0.15) is 10.4 Å². The van der Waals surface area contributed by atoms with Gasteiger partial charge >= 0.3 is 5.97 Å². The Morgan fingerprint density at radius 3 is 2.50 bits per heavy atom. The van der Waals surface area contributed by atoms with Crippen LogP contribution in [0.15, 0.2) is 42.5 Å². The SMILES string of the molecule is COc1ccccc1N1CCN(C(=O)COC(=O)c2ccc(F)cc2N)CC1. The number of carbonyl (C=O) groups is 2. The molecule has 7 nitrogen and oxygen atoms in total. The number of nitrogen functional groups attached to an aromatic ring is 1. The summed E-state index contributed by atoms with van der Waals surface area (Å²) in [6.45, 7) is 1.92. The Morgan fingerprint density at radius 1 is 1.11 bits per heavy atom. The normalized spacial score (nSPS) is 13.9. The first-order chi connectivity index (χ1) is 13.5. The highest BCUT2D eigenvalue weighted by Crippen LogP contribution is 2.28. The van der Waals surface area contributed by atoms with Gasteiger partial charge in [-0.2, -0.15) is 0 Å². The van der Waals surface area contributed by atoms with E-state index in [1.165, 1.54) is 6.07 Å². The molecule has 1 aliphatic rings. The van der Waals surface area contributed by atoms with Gasteiger partial charge in [0.2, 0.25) is 0 Å². The first-order valence-corrected chi connectivity index (χ1v) is 8.87. The van der Waals surface area contributed by atoms with Gasteiger partial charge in [-0.1, -0.05) is 12.1 Å². The minimum absolute atomic E-state index is 0.0251. The zero-order valence-electron chi connectivity index (χ0n) is 15.6. The maximum atomic E-state index is 13.1. The van der Waals surface area contributed by atoms with Crippen molar-refractivity contribution < 1.29 is 23.5 Å². The number of hydrogen-bond donors (Lipinski definition) is 1. The largest absolute Gasteiger partial charge is 0.495 e. The molecule has 1 heterocycles. The average molecular weight is 387 g/mol. The number of rotatable bonds is 5. The second-order valence-corrected chi connectivity index (χ2v) is 6.35. The summed E-state index contributed by atoms with van der Waals surface area (Å²) < 4.78 is 23.5. The molecule has 2 N–H and O–H groups in total. The van der Waals surface area contributed by atoms with E-state index in [9.17, 15) is 14.0 Å². The Bertz CT molecular complexity index is 866. The Labute approximate surface area is 162 Å². The predicted molar refractivity (Wildman–Crippen MR) is 103 cm³/mol. The number of nitrogens with two attached hydrogens (primary N) is 1. The van der Waals surface area contributed by atoms with E-state index in [-0.39, 0.29) is 23.8 Å². The Hall–Kier alpha value is -3.29. The molecule has 2 aromatic carbocycles. The molecule has 3 rings (SSSR count). The van der Waals surface area contributed by atoms with Gasteiger partial charge in [-0.15, -0.1) is 0 Å². The number of ether oxygens (including phenoxy) is 2. The number of para-hydroxylation sites is 2. The quantitative estimate of drug-likeness (QED) is 0.623. The van der Waals surface area contributed by atoms with Crippen LogP contribution >= 0.6 is 0 Å². The molecule has 1 amide bonds. The van der Waals surface area contributed by atoms with E-state index in [4.69, 9.17) is 15.2 Å². The van der Waals surface area contributed by atoms with E-state index in [0.29, 0.717) is 26.2 Å². The van der Waals surface area contributed by atoms with Crippen molar-refractivity contribution in [2.45, 2.75) is 0 Å². The third-order valence-corrected chi connectivity index (χ3v) is 4.62. The van der Waals surface area contributed by atoms with Gasteiger partial charge in [0.15, 0.2) is 6.61 Å². The molecule has 148 valence electrons. The molecule has 0 unspecified atom stereocenters. The van der Waals surface area contributed by atoms with E-state index in [0.717, 1.165) is 23.6 Å². The van der Waals surface area contributed by atoms with E-state index in [1.54, 1.807) is 12.0 Å². The summed E-state index contributed by atoms with van der Waals surface area (Å²) in [6.07, 6.45) is 0. The number of methoxy groups -OCH3 is 1.